The third-order valence-corrected chi connectivity index (χ3v) is 2.93. The van der Waals surface area contributed by atoms with Gasteiger partial charge in [-0.15, -0.1) is 0 Å². The fourth-order valence-electron chi connectivity index (χ4n) is 1.58. The van der Waals surface area contributed by atoms with Crippen LogP contribution in [0, 0.1) is 0 Å². The molecule has 1 aromatic heterocycles. The van der Waals surface area contributed by atoms with Crippen LogP contribution in [0.5, 0.6) is 5.75 Å². The van der Waals surface area contributed by atoms with E-state index in [9.17, 15) is 23.1 Å². The first-order chi connectivity index (χ1) is 9.75. The SMILES string of the molecule is O=C(Nc1cc(Br)cc(C(F)(F)F)c1)c1cncc(O)c1. The van der Waals surface area contributed by atoms with Gasteiger partial charge in [-0.25, -0.2) is 0 Å². The molecule has 4 nitrogen and oxygen atoms in total. The van der Waals surface area contributed by atoms with Gasteiger partial charge in [-0.1, -0.05) is 15.9 Å². The predicted molar refractivity (Wildman–Crippen MR) is 73.0 cm³/mol. The fourth-order valence-corrected chi connectivity index (χ4v) is 2.07. The van der Waals surface area contributed by atoms with Crippen LogP contribution in [0.3, 0.4) is 0 Å². The first-order valence-electron chi connectivity index (χ1n) is 5.59. The summed E-state index contributed by atoms with van der Waals surface area (Å²) in [6, 6.07) is 4.22. The zero-order chi connectivity index (χ0) is 15.6. The summed E-state index contributed by atoms with van der Waals surface area (Å²) in [5.74, 6) is -0.891. The lowest BCUT2D eigenvalue weighted by Crippen LogP contribution is -2.13. The molecule has 0 atom stereocenters. The molecule has 0 aliphatic rings. The lowest BCUT2D eigenvalue weighted by atomic mass is 10.2. The van der Waals surface area contributed by atoms with Gasteiger partial charge in [0.25, 0.3) is 5.91 Å². The summed E-state index contributed by atoms with van der Waals surface area (Å²) in [6.45, 7) is 0. The van der Waals surface area contributed by atoms with E-state index in [1.807, 2.05) is 0 Å². The zero-order valence-electron chi connectivity index (χ0n) is 10.3. The largest absolute Gasteiger partial charge is 0.506 e. The van der Waals surface area contributed by atoms with Crippen molar-refractivity contribution in [3.8, 4) is 5.75 Å². The second-order valence-corrected chi connectivity index (χ2v) is 5.03. The van der Waals surface area contributed by atoms with Gasteiger partial charge in [-0.3, -0.25) is 9.78 Å². The van der Waals surface area contributed by atoms with Crippen LogP contribution in [0.25, 0.3) is 0 Å². The lowest BCUT2D eigenvalue weighted by Gasteiger charge is -2.11. The second-order valence-electron chi connectivity index (χ2n) is 4.11. The fraction of sp³-hybridized carbons (Fsp3) is 0.0769. The molecule has 0 radical (unpaired) electrons. The molecular formula is C13H8BrF3N2O2. The number of halogens is 4. The number of carbonyl (C=O) groups is 1. The van der Waals surface area contributed by atoms with Crippen molar-refractivity contribution in [2.75, 3.05) is 5.32 Å². The van der Waals surface area contributed by atoms with Crippen LogP contribution < -0.4 is 5.32 Å². The smallest absolute Gasteiger partial charge is 0.416 e. The van der Waals surface area contributed by atoms with Crippen molar-refractivity contribution in [1.82, 2.24) is 4.98 Å². The van der Waals surface area contributed by atoms with Crippen molar-refractivity contribution >= 4 is 27.5 Å². The Morgan fingerprint density at radius 3 is 2.52 bits per heavy atom. The third kappa shape index (κ3) is 3.94. The number of nitrogens with zero attached hydrogens (tertiary/aromatic N) is 1. The number of benzene rings is 1. The van der Waals surface area contributed by atoms with Gasteiger partial charge in [0.15, 0.2) is 0 Å². The summed E-state index contributed by atoms with van der Waals surface area (Å²) in [7, 11) is 0. The molecule has 0 spiro atoms. The lowest BCUT2D eigenvalue weighted by molar-refractivity contribution is -0.137. The Hall–Kier alpha value is -2.09. The number of aromatic nitrogens is 1. The van der Waals surface area contributed by atoms with Gasteiger partial charge < -0.3 is 10.4 Å². The minimum Gasteiger partial charge on any atom is -0.506 e. The van der Waals surface area contributed by atoms with Crippen molar-refractivity contribution < 1.29 is 23.1 Å². The topological polar surface area (TPSA) is 62.2 Å². The molecule has 2 rings (SSSR count). The van der Waals surface area contributed by atoms with Crippen molar-refractivity contribution in [2.45, 2.75) is 6.18 Å². The van der Waals surface area contributed by atoms with Crippen LogP contribution in [0.2, 0.25) is 0 Å². The quantitative estimate of drug-likeness (QED) is 0.855. The first-order valence-corrected chi connectivity index (χ1v) is 6.38. The summed E-state index contributed by atoms with van der Waals surface area (Å²) >= 11 is 2.96. The molecule has 8 heteroatoms. The van der Waals surface area contributed by atoms with Crippen molar-refractivity contribution in [3.63, 3.8) is 0 Å². The van der Waals surface area contributed by atoms with E-state index in [0.29, 0.717) is 0 Å². The highest BCUT2D eigenvalue weighted by molar-refractivity contribution is 9.10. The standard InChI is InChI=1S/C13H8BrF3N2O2/c14-9-2-8(13(15,16)17)3-10(4-9)19-12(21)7-1-11(20)6-18-5-7/h1-6,20H,(H,19,21). The number of pyridine rings is 1. The number of hydrogen-bond acceptors (Lipinski definition) is 3. The van der Waals surface area contributed by atoms with Gasteiger partial charge in [0.1, 0.15) is 5.75 Å². The Morgan fingerprint density at radius 1 is 1.19 bits per heavy atom. The number of anilines is 1. The average Bonchev–Trinajstić information content (AvgIpc) is 2.37. The minimum absolute atomic E-state index is 0.0231. The van der Waals surface area contributed by atoms with E-state index in [1.165, 1.54) is 12.3 Å². The molecule has 0 fully saturated rings. The number of hydrogen-bond donors (Lipinski definition) is 2. The molecule has 21 heavy (non-hydrogen) atoms. The Labute approximate surface area is 125 Å². The molecule has 2 aromatic rings. The van der Waals surface area contributed by atoms with E-state index < -0.39 is 17.6 Å². The average molecular weight is 361 g/mol. The summed E-state index contributed by atoms with van der Waals surface area (Å²) in [4.78, 5) is 15.5. The zero-order valence-corrected chi connectivity index (χ0v) is 11.9. The number of carbonyl (C=O) groups excluding carboxylic acids is 1. The molecule has 110 valence electrons. The Morgan fingerprint density at radius 2 is 1.90 bits per heavy atom. The van der Waals surface area contributed by atoms with E-state index >= 15 is 0 Å². The van der Waals surface area contributed by atoms with E-state index in [2.05, 4.69) is 26.2 Å². The number of rotatable bonds is 2. The monoisotopic (exact) mass is 360 g/mol. The van der Waals surface area contributed by atoms with E-state index in [0.717, 1.165) is 24.4 Å². The molecule has 1 aromatic carbocycles. The summed E-state index contributed by atoms with van der Waals surface area (Å²) < 4.78 is 38.2. The third-order valence-electron chi connectivity index (χ3n) is 2.47. The highest BCUT2D eigenvalue weighted by Gasteiger charge is 2.31. The highest BCUT2D eigenvalue weighted by atomic mass is 79.9. The number of amides is 1. The molecule has 0 bridgehead atoms. The van der Waals surface area contributed by atoms with Crippen molar-refractivity contribution in [3.05, 3.63) is 52.3 Å². The number of aromatic hydroxyl groups is 1. The van der Waals surface area contributed by atoms with Crippen molar-refractivity contribution in [2.24, 2.45) is 0 Å². The number of nitrogens with one attached hydrogen (secondary N) is 1. The molecule has 0 aliphatic heterocycles. The maximum Gasteiger partial charge on any atom is 0.416 e. The highest BCUT2D eigenvalue weighted by Crippen LogP contribution is 2.33. The van der Waals surface area contributed by atoms with E-state index in [4.69, 9.17) is 0 Å². The molecule has 0 unspecified atom stereocenters. The van der Waals surface area contributed by atoms with Gasteiger partial charge in [0.2, 0.25) is 0 Å². The Balaban J connectivity index is 2.27. The van der Waals surface area contributed by atoms with Gasteiger partial charge in [-0.05, 0) is 24.3 Å². The van der Waals surface area contributed by atoms with E-state index in [-0.39, 0.29) is 21.5 Å². The van der Waals surface area contributed by atoms with Gasteiger partial charge in [-0.2, -0.15) is 13.2 Å². The van der Waals surface area contributed by atoms with Gasteiger partial charge >= 0.3 is 6.18 Å². The molecule has 0 saturated carbocycles. The predicted octanol–water partition coefficient (Wildman–Crippen LogP) is 3.82. The van der Waals surface area contributed by atoms with Crippen LogP contribution in [0.4, 0.5) is 18.9 Å². The van der Waals surface area contributed by atoms with Crippen LogP contribution in [0.15, 0.2) is 41.1 Å². The molecular weight excluding hydrogens is 353 g/mol. The summed E-state index contributed by atoms with van der Waals surface area (Å²) in [5, 5.41) is 11.5. The maximum atomic E-state index is 12.7. The van der Waals surface area contributed by atoms with Crippen LogP contribution in [-0.2, 0) is 6.18 Å². The molecule has 2 N–H and O–H groups in total. The van der Waals surface area contributed by atoms with Gasteiger partial charge in [0.05, 0.1) is 17.3 Å². The van der Waals surface area contributed by atoms with Crippen LogP contribution in [0.1, 0.15) is 15.9 Å². The Kier molecular flexibility index (Phi) is 4.17. The second kappa shape index (κ2) is 5.72. The molecule has 0 aliphatic carbocycles. The summed E-state index contributed by atoms with van der Waals surface area (Å²) in [5.41, 5.74) is -0.880. The molecule has 1 amide bonds. The van der Waals surface area contributed by atoms with Gasteiger partial charge in [0, 0.05) is 16.4 Å². The maximum absolute atomic E-state index is 12.7. The van der Waals surface area contributed by atoms with E-state index in [1.54, 1.807) is 0 Å². The number of alkyl halides is 3. The summed E-state index contributed by atoms with van der Waals surface area (Å²) in [6.07, 6.45) is -2.19. The van der Waals surface area contributed by atoms with Crippen LogP contribution in [-0.4, -0.2) is 16.0 Å². The Bertz CT molecular complexity index is 689. The van der Waals surface area contributed by atoms with Crippen molar-refractivity contribution in [1.29, 1.82) is 0 Å². The first kappa shape index (κ1) is 15.3. The molecule has 0 saturated heterocycles. The normalized spacial score (nSPS) is 11.2. The molecule has 1 heterocycles. The minimum atomic E-state index is -4.52. The van der Waals surface area contributed by atoms with Crippen LogP contribution >= 0.6 is 15.9 Å².